The number of nitriles is 1. The van der Waals surface area contributed by atoms with Gasteiger partial charge in [-0.1, -0.05) is 13.8 Å². The van der Waals surface area contributed by atoms with Crippen LogP contribution < -0.4 is 5.32 Å². The van der Waals surface area contributed by atoms with Crippen molar-refractivity contribution < 1.29 is 18.5 Å². The van der Waals surface area contributed by atoms with Crippen LogP contribution >= 0.6 is 0 Å². The second-order valence-electron chi connectivity index (χ2n) is 4.40. The van der Waals surface area contributed by atoms with Gasteiger partial charge in [-0.15, -0.1) is 0 Å². The molecule has 0 fully saturated rings. The summed E-state index contributed by atoms with van der Waals surface area (Å²) in [6, 6.07) is 2.86. The van der Waals surface area contributed by atoms with Crippen molar-refractivity contribution in [3.8, 4) is 6.07 Å². The second-order valence-corrected chi connectivity index (χ2v) is 4.40. The highest BCUT2D eigenvalue weighted by atomic mass is 19.1. The number of benzene rings is 1. The summed E-state index contributed by atoms with van der Waals surface area (Å²) in [7, 11) is 0. The lowest BCUT2D eigenvalue weighted by molar-refractivity contribution is -0.387. The molecule has 1 rings (SSSR count). The lowest BCUT2D eigenvalue weighted by Gasteiger charge is -2.24. The number of hydrogen-bond donors (Lipinski definition) is 1. The Morgan fingerprint density at radius 2 is 2.00 bits per heavy atom. The number of nitrogens with one attached hydrogen (secondary N) is 1. The molecule has 0 saturated heterocycles. The molecule has 0 spiro atoms. The SMILES string of the molecule is CCC(C#N)(CC)NC(=O)c1cc(F)cc([N+](=O)[O-])c1F. The topological polar surface area (TPSA) is 96.0 Å². The molecule has 112 valence electrons. The first-order valence-corrected chi connectivity index (χ1v) is 6.17. The van der Waals surface area contributed by atoms with Crippen molar-refractivity contribution >= 4 is 11.6 Å². The van der Waals surface area contributed by atoms with Crippen molar-refractivity contribution in [2.45, 2.75) is 32.2 Å². The summed E-state index contributed by atoms with van der Waals surface area (Å²) in [6.45, 7) is 3.30. The highest BCUT2D eigenvalue weighted by Gasteiger charge is 2.31. The van der Waals surface area contributed by atoms with Crippen LogP contribution in [0.4, 0.5) is 14.5 Å². The van der Waals surface area contributed by atoms with Crippen molar-refractivity contribution in [2.24, 2.45) is 0 Å². The van der Waals surface area contributed by atoms with Crippen LogP contribution in [0.3, 0.4) is 0 Å². The van der Waals surface area contributed by atoms with E-state index in [0.29, 0.717) is 12.1 Å². The fourth-order valence-corrected chi connectivity index (χ4v) is 1.77. The first kappa shape index (κ1) is 16.5. The van der Waals surface area contributed by atoms with Gasteiger partial charge in [0.25, 0.3) is 5.91 Å². The fourth-order valence-electron chi connectivity index (χ4n) is 1.77. The van der Waals surface area contributed by atoms with Crippen LogP contribution in [0, 0.1) is 33.1 Å². The van der Waals surface area contributed by atoms with E-state index in [1.165, 1.54) is 0 Å². The number of carbonyl (C=O) groups is 1. The third-order valence-electron chi connectivity index (χ3n) is 3.23. The quantitative estimate of drug-likeness (QED) is 0.667. The minimum Gasteiger partial charge on any atom is -0.334 e. The Balaban J connectivity index is 3.26. The van der Waals surface area contributed by atoms with Crippen LogP contribution in [0.25, 0.3) is 0 Å². The largest absolute Gasteiger partial charge is 0.334 e. The van der Waals surface area contributed by atoms with E-state index in [2.05, 4.69) is 5.32 Å². The van der Waals surface area contributed by atoms with Gasteiger partial charge in [0.15, 0.2) is 0 Å². The molecule has 1 N–H and O–H groups in total. The van der Waals surface area contributed by atoms with Crippen molar-refractivity contribution in [2.75, 3.05) is 0 Å². The lowest BCUT2D eigenvalue weighted by Crippen LogP contribution is -2.46. The van der Waals surface area contributed by atoms with E-state index in [-0.39, 0.29) is 12.8 Å². The molecule has 0 aliphatic heterocycles. The molecular formula is C13H13F2N3O3. The Bertz CT molecular complexity index is 622. The van der Waals surface area contributed by atoms with E-state index in [4.69, 9.17) is 5.26 Å². The minimum atomic E-state index is -1.43. The van der Waals surface area contributed by atoms with Crippen molar-refractivity contribution in [1.82, 2.24) is 5.32 Å². The third kappa shape index (κ3) is 3.31. The molecule has 0 saturated carbocycles. The Labute approximate surface area is 119 Å². The van der Waals surface area contributed by atoms with Gasteiger partial charge in [0, 0.05) is 0 Å². The maximum Gasteiger partial charge on any atom is 0.308 e. The maximum atomic E-state index is 13.9. The van der Waals surface area contributed by atoms with E-state index in [1.807, 2.05) is 6.07 Å². The van der Waals surface area contributed by atoms with Gasteiger partial charge in [0.1, 0.15) is 11.4 Å². The van der Waals surface area contributed by atoms with Gasteiger partial charge in [-0.3, -0.25) is 14.9 Å². The summed E-state index contributed by atoms with van der Waals surface area (Å²) >= 11 is 0. The van der Waals surface area contributed by atoms with Crippen LogP contribution in [-0.4, -0.2) is 16.4 Å². The Morgan fingerprint density at radius 3 is 2.43 bits per heavy atom. The highest BCUT2D eigenvalue weighted by molar-refractivity contribution is 5.96. The van der Waals surface area contributed by atoms with Crippen LogP contribution in [-0.2, 0) is 0 Å². The Morgan fingerprint density at radius 1 is 1.43 bits per heavy atom. The fraction of sp³-hybridized carbons (Fsp3) is 0.385. The van der Waals surface area contributed by atoms with Crippen molar-refractivity contribution in [1.29, 1.82) is 5.26 Å². The van der Waals surface area contributed by atoms with Crippen LogP contribution in [0.5, 0.6) is 0 Å². The average molecular weight is 297 g/mol. The summed E-state index contributed by atoms with van der Waals surface area (Å²) in [6.07, 6.45) is 0.509. The first-order chi connectivity index (χ1) is 9.80. The van der Waals surface area contributed by atoms with Gasteiger partial charge >= 0.3 is 5.69 Å². The number of hydrogen-bond acceptors (Lipinski definition) is 4. The molecule has 21 heavy (non-hydrogen) atoms. The van der Waals surface area contributed by atoms with Gasteiger partial charge in [-0.25, -0.2) is 4.39 Å². The van der Waals surface area contributed by atoms with E-state index in [0.717, 1.165) is 0 Å². The molecule has 0 aliphatic carbocycles. The smallest absolute Gasteiger partial charge is 0.308 e. The molecule has 0 aromatic heterocycles. The molecule has 0 radical (unpaired) electrons. The molecule has 1 aromatic carbocycles. The predicted octanol–water partition coefficient (Wildman–Crippen LogP) is 2.69. The lowest BCUT2D eigenvalue weighted by atomic mass is 9.94. The molecule has 0 unspecified atom stereocenters. The Hall–Kier alpha value is -2.56. The third-order valence-corrected chi connectivity index (χ3v) is 3.23. The minimum absolute atomic E-state index is 0.255. The number of nitro groups is 1. The van der Waals surface area contributed by atoms with Crippen molar-refractivity contribution in [3.63, 3.8) is 0 Å². The molecule has 6 nitrogen and oxygen atoms in total. The molecule has 8 heteroatoms. The zero-order valence-corrected chi connectivity index (χ0v) is 11.4. The first-order valence-electron chi connectivity index (χ1n) is 6.17. The number of amides is 1. The van der Waals surface area contributed by atoms with Crippen LogP contribution in [0.15, 0.2) is 12.1 Å². The van der Waals surface area contributed by atoms with E-state index < -0.39 is 39.3 Å². The molecular weight excluding hydrogens is 284 g/mol. The van der Waals surface area contributed by atoms with E-state index in [1.54, 1.807) is 13.8 Å². The van der Waals surface area contributed by atoms with Crippen LogP contribution in [0.2, 0.25) is 0 Å². The molecule has 0 atom stereocenters. The summed E-state index contributed by atoms with van der Waals surface area (Å²) in [4.78, 5) is 21.5. The summed E-state index contributed by atoms with van der Waals surface area (Å²) in [5.74, 6) is -3.61. The maximum absolute atomic E-state index is 13.9. The molecule has 0 bridgehead atoms. The number of halogens is 2. The standard InChI is InChI=1S/C13H13F2N3O3/c1-3-13(4-2,7-16)17-12(19)9-5-8(14)6-10(11(9)15)18(20)21/h5-6H,3-4H2,1-2H3,(H,17,19). The molecule has 1 aromatic rings. The Kier molecular flexibility index (Phi) is 4.92. The summed E-state index contributed by atoms with van der Waals surface area (Å²) in [5.41, 5.74) is -3.16. The number of carbonyl (C=O) groups excluding carboxylic acids is 1. The number of nitrogens with zero attached hydrogens (tertiary/aromatic N) is 2. The van der Waals surface area contributed by atoms with Gasteiger partial charge < -0.3 is 5.32 Å². The zero-order valence-electron chi connectivity index (χ0n) is 11.4. The van der Waals surface area contributed by atoms with Gasteiger partial charge in [-0.05, 0) is 18.9 Å². The molecule has 0 aliphatic rings. The van der Waals surface area contributed by atoms with Crippen molar-refractivity contribution in [3.05, 3.63) is 39.4 Å². The van der Waals surface area contributed by atoms with E-state index in [9.17, 15) is 23.7 Å². The number of nitro benzene ring substituents is 1. The average Bonchev–Trinajstić information content (AvgIpc) is 2.46. The van der Waals surface area contributed by atoms with Gasteiger partial charge in [0.2, 0.25) is 5.82 Å². The predicted molar refractivity (Wildman–Crippen MR) is 69.4 cm³/mol. The molecule has 0 heterocycles. The zero-order chi connectivity index (χ0) is 16.2. The second kappa shape index (κ2) is 6.26. The summed E-state index contributed by atoms with van der Waals surface area (Å²) in [5, 5.41) is 22.0. The monoisotopic (exact) mass is 297 g/mol. The molecule has 1 amide bonds. The summed E-state index contributed by atoms with van der Waals surface area (Å²) < 4.78 is 27.2. The number of rotatable bonds is 5. The van der Waals surface area contributed by atoms with Crippen LogP contribution in [0.1, 0.15) is 37.0 Å². The highest BCUT2D eigenvalue weighted by Crippen LogP contribution is 2.23. The van der Waals surface area contributed by atoms with Gasteiger partial charge in [0.05, 0.1) is 22.6 Å². The van der Waals surface area contributed by atoms with E-state index >= 15 is 0 Å². The van der Waals surface area contributed by atoms with Gasteiger partial charge in [-0.2, -0.15) is 9.65 Å². The normalized spacial score (nSPS) is 10.8.